The predicted octanol–water partition coefficient (Wildman–Crippen LogP) is 1.29. The fraction of sp³-hybridized carbons (Fsp3) is 0.562. The Bertz CT molecular complexity index is 667. The normalized spacial score (nSPS) is 17.2. The van der Waals surface area contributed by atoms with Crippen LogP contribution in [0, 0.1) is 6.92 Å². The molecular formula is C16H25N3O3S. The first-order valence-electron chi connectivity index (χ1n) is 7.97. The van der Waals surface area contributed by atoms with Crippen LogP contribution in [0.4, 0.5) is 0 Å². The summed E-state index contributed by atoms with van der Waals surface area (Å²) in [7, 11) is -3.62. The van der Waals surface area contributed by atoms with Crippen molar-refractivity contribution in [2.45, 2.75) is 56.5 Å². The Kier molecular flexibility index (Phi) is 5.78. The van der Waals surface area contributed by atoms with E-state index in [1.807, 2.05) is 0 Å². The molecule has 0 aliphatic heterocycles. The molecule has 1 atom stereocenters. The average Bonchev–Trinajstić information content (AvgIpc) is 2.99. The van der Waals surface area contributed by atoms with Crippen molar-refractivity contribution in [2.75, 3.05) is 6.54 Å². The second kappa shape index (κ2) is 7.42. The van der Waals surface area contributed by atoms with E-state index in [9.17, 15) is 13.2 Å². The highest BCUT2D eigenvalue weighted by Crippen LogP contribution is 2.22. The van der Waals surface area contributed by atoms with Gasteiger partial charge in [0.15, 0.2) is 0 Å². The van der Waals surface area contributed by atoms with E-state index < -0.39 is 10.0 Å². The van der Waals surface area contributed by atoms with Crippen LogP contribution in [-0.2, 0) is 10.0 Å². The van der Waals surface area contributed by atoms with Gasteiger partial charge in [0, 0.05) is 24.2 Å². The zero-order valence-electron chi connectivity index (χ0n) is 13.6. The Morgan fingerprint density at radius 1 is 1.35 bits per heavy atom. The SMILES string of the molecule is Cc1ccc(C(=O)N[C@@H](C)CN)cc1S(=O)(=O)NC1CCCC1. The smallest absolute Gasteiger partial charge is 0.251 e. The summed E-state index contributed by atoms with van der Waals surface area (Å²) in [5.74, 6) is -0.319. The fourth-order valence-electron chi connectivity index (χ4n) is 2.72. The zero-order valence-corrected chi connectivity index (χ0v) is 14.4. The molecule has 7 heteroatoms. The van der Waals surface area contributed by atoms with Gasteiger partial charge in [0.1, 0.15) is 0 Å². The highest BCUT2D eigenvalue weighted by Gasteiger charge is 2.25. The van der Waals surface area contributed by atoms with Crippen LogP contribution in [0.15, 0.2) is 23.1 Å². The molecule has 0 heterocycles. The molecule has 6 nitrogen and oxygen atoms in total. The van der Waals surface area contributed by atoms with Crippen LogP contribution >= 0.6 is 0 Å². The number of sulfonamides is 1. The molecule has 128 valence electrons. The summed E-state index contributed by atoms with van der Waals surface area (Å²) >= 11 is 0. The first-order valence-corrected chi connectivity index (χ1v) is 9.45. The maximum absolute atomic E-state index is 12.6. The number of amides is 1. The monoisotopic (exact) mass is 339 g/mol. The van der Waals surface area contributed by atoms with Gasteiger partial charge < -0.3 is 11.1 Å². The lowest BCUT2D eigenvalue weighted by Crippen LogP contribution is -2.38. The van der Waals surface area contributed by atoms with E-state index in [-0.39, 0.29) is 22.9 Å². The van der Waals surface area contributed by atoms with Crippen molar-refractivity contribution in [3.05, 3.63) is 29.3 Å². The van der Waals surface area contributed by atoms with E-state index in [1.165, 1.54) is 6.07 Å². The minimum absolute atomic E-state index is 0.00542. The maximum atomic E-state index is 12.6. The number of aryl methyl sites for hydroxylation is 1. The molecule has 1 saturated carbocycles. The zero-order chi connectivity index (χ0) is 17.0. The molecule has 1 aliphatic carbocycles. The van der Waals surface area contributed by atoms with Crippen molar-refractivity contribution in [3.63, 3.8) is 0 Å². The lowest BCUT2D eigenvalue weighted by Gasteiger charge is -2.16. The molecule has 23 heavy (non-hydrogen) atoms. The van der Waals surface area contributed by atoms with Gasteiger partial charge in [-0.2, -0.15) is 0 Å². The Labute approximate surface area is 137 Å². The van der Waals surface area contributed by atoms with Crippen LogP contribution in [0.1, 0.15) is 48.5 Å². The van der Waals surface area contributed by atoms with Gasteiger partial charge in [-0.15, -0.1) is 0 Å². The molecule has 2 rings (SSSR count). The van der Waals surface area contributed by atoms with Crippen LogP contribution in [-0.4, -0.2) is 33.0 Å². The van der Waals surface area contributed by atoms with Crippen LogP contribution < -0.4 is 15.8 Å². The van der Waals surface area contributed by atoms with E-state index in [1.54, 1.807) is 26.0 Å². The number of carbonyl (C=O) groups is 1. The number of nitrogens with one attached hydrogen (secondary N) is 2. The fourth-order valence-corrected chi connectivity index (χ4v) is 4.30. The number of nitrogens with two attached hydrogens (primary N) is 1. The first-order chi connectivity index (χ1) is 10.8. The van der Waals surface area contributed by atoms with Gasteiger partial charge in [-0.25, -0.2) is 13.1 Å². The highest BCUT2D eigenvalue weighted by molar-refractivity contribution is 7.89. The largest absolute Gasteiger partial charge is 0.348 e. The second-order valence-electron chi connectivity index (χ2n) is 6.19. The van der Waals surface area contributed by atoms with Crippen molar-refractivity contribution >= 4 is 15.9 Å². The number of rotatable bonds is 6. The molecule has 0 radical (unpaired) electrons. The molecule has 1 amide bonds. The van der Waals surface area contributed by atoms with E-state index in [4.69, 9.17) is 5.73 Å². The van der Waals surface area contributed by atoms with E-state index >= 15 is 0 Å². The van der Waals surface area contributed by atoms with Crippen LogP contribution in [0.25, 0.3) is 0 Å². The number of hydrogen-bond acceptors (Lipinski definition) is 4. The van der Waals surface area contributed by atoms with Crippen molar-refractivity contribution in [3.8, 4) is 0 Å². The Hall–Kier alpha value is -1.44. The van der Waals surface area contributed by atoms with Gasteiger partial charge in [0.2, 0.25) is 10.0 Å². The van der Waals surface area contributed by atoms with Gasteiger partial charge in [0.05, 0.1) is 4.90 Å². The molecule has 0 aromatic heterocycles. The summed E-state index contributed by atoms with van der Waals surface area (Å²) in [4.78, 5) is 12.3. The highest BCUT2D eigenvalue weighted by atomic mass is 32.2. The number of benzene rings is 1. The molecule has 0 unspecified atom stereocenters. The third kappa shape index (κ3) is 4.53. The molecule has 1 fully saturated rings. The number of carbonyl (C=O) groups excluding carboxylic acids is 1. The summed E-state index contributed by atoms with van der Waals surface area (Å²) in [5.41, 5.74) is 6.44. The second-order valence-corrected chi connectivity index (χ2v) is 7.88. The predicted molar refractivity (Wildman–Crippen MR) is 89.7 cm³/mol. The molecule has 1 aromatic rings. The minimum atomic E-state index is -3.62. The summed E-state index contributed by atoms with van der Waals surface area (Å²) < 4.78 is 27.9. The molecule has 1 aromatic carbocycles. The third-order valence-electron chi connectivity index (χ3n) is 4.15. The van der Waals surface area contributed by atoms with Crippen LogP contribution in [0.2, 0.25) is 0 Å². The van der Waals surface area contributed by atoms with Crippen LogP contribution in [0.5, 0.6) is 0 Å². The van der Waals surface area contributed by atoms with E-state index in [0.717, 1.165) is 25.7 Å². The van der Waals surface area contributed by atoms with Gasteiger partial charge in [-0.3, -0.25) is 4.79 Å². The Balaban J connectivity index is 2.24. The van der Waals surface area contributed by atoms with Gasteiger partial charge in [-0.05, 0) is 44.4 Å². The minimum Gasteiger partial charge on any atom is -0.348 e. The summed E-state index contributed by atoms with van der Waals surface area (Å²) in [5, 5.41) is 2.74. The van der Waals surface area contributed by atoms with Crippen molar-refractivity contribution in [1.29, 1.82) is 0 Å². The quantitative estimate of drug-likeness (QED) is 0.727. The van der Waals surface area contributed by atoms with Crippen molar-refractivity contribution in [2.24, 2.45) is 5.73 Å². The number of hydrogen-bond donors (Lipinski definition) is 3. The van der Waals surface area contributed by atoms with Crippen molar-refractivity contribution in [1.82, 2.24) is 10.0 Å². The van der Waals surface area contributed by atoms with E-state index in [0.29, 0.717) is 17.7 Å². The first kappa shape index (κ1) is 17.9. The van der Waals surface area contributed by atoms with Gasteiger partial charge in [-0.1, -0.05) is 18.9 Å². The average molecular weight is 339 g/mol. The summed E-state index contributed by atoms with van der Waals surface area (Å²) in [6, 6.07) is 4.55. The third-order valence-corrected chi connectivity index (χ3v) is 5.81. The molecular weight excluding hydrogens is 314 g/mol. The molecule has 1 aliphatic rings. The van der Waals surface area contributed by atoms with Gasteiger partial charge in [0.25, 0.3) is 5.91 Å². The topological polar surface area (TPSA) is 101 Å². The lowest BCUT2D eigenvalue weighted by molar-refractivity contribution is 0.0941. The summed E-state index contributed by atoms with van der Waals surface area (Å²) in [6.45, 7) is 3.85. The molecule has 0 saturated heterocycles. The van der Waals surface area contributed by atoms with Gasteiger partial charge >= 0.3 is 0 Å². The Morgan fingerprint density at radius 3 is 2.61 bits per heavy atom. The van der Waals surface area contributed by atoms with Crippen molar-refractivity contribution < 1.29 is 13.2 Å². The molecule has 0 bridgehead atoms. The lowest BCUT2D eigenvalue weighted by atomic mass is 10.1. The molecule has 0 spiro atoms. The Morgan fingerprint density at radius 2 is 2.00 bits per heavy atom. The maximum Gasteiger partial charge on any atom is 0.251 e. The standard InChI is InChI=1S/C16H25N3O3S/c1-11-7-8-13(16(20)18-12(2)10-17)9-15(11)23(21,22)19-14-5-3-4-6-14/h7-9,12,14,19H,3-6,10,17H2,1-2H3,(H,18,20)/t12-/m0/s1. The molecule has 4 N–H and O–H groups in total. The van der Waals surface area contributed by atoms with E-state index in [2.05, 4.69) is 10.0 Å². The van der Waals surface area contributed by atoms with Crippen LogP contribution in [0.3, 0.4) is 0 Å². The summed E-state index contributed by atoms with van der Waals surface area (Å²) in [6.07, 6.45) is 3.83.